The molecule has 15 unspecified atom stereocenters. The molecule has 0 bridgehead atoms. The highest BCUT2D eigenvalue weighted by Crippen LogP contribution is 2.31. The monoisotopic (exact) mass is 756 g/mol. The summed E-state index contributed by atoms with van der Waals surface area (Å²) in [7, 11) is 0. The van der Waals surface area contributed by atoms with Crippen LogP contribution in [0.3, 0.4) is 0 Å². The SMILES string of the molecule is CCCCCCCC(=O)OCC1OC(OC2C(OC(=O)CCCCCCC)OC(COC3OC(CO)C(O)C(O)C3O)C(O)C2O)C(O)C(O)C1O. The molecule has 0 spiro atoms. The molecule has 0 saturated carbocycles. The molecule has 3 aliphatic rings. The zero-order valence-corrected chi connectivity index (χ0v) is 30.0. The first kappa shape index (κ1) is 44.8. The van der Waals surface area contributed by atoms with Crippen LogP contribution < -0.4 is 0 Å². The maximum atomic E-state index is 12.9. The number of aliphatic hydroxyl groups excluding tert-OH is 9. The average molecular weight is 757 g/mol. The third-order valence-electron chi connectivity index (χ3n) is 9.50. The molecule has 18 nitrogen and oxygen atoms in total. The summed E-state index contributed by atoms with van der Waals surface area (Å²) in [5, 5.41) is 94.1. The van der Waals surface area contributed by atoms with Crippen LogP contribution in [0.1, 0.15) is 90.9 Å². The van der Waals surface area contributed by atoms with E-state index in [0.717, 1.165) is 51.4 Å². The lowest BCUT2D eigenvalue weighted by molar-refractivity contribution is -0.367. The number of carbonyl (C=O) groups is 2. The van der Waals surface area contributed by atoms with E-state index in [2.05, 4.69) is 6.92 Å². The van der Waals surface area contributed by atoms with Crippen LogP contribution in [-0.4, -0.2) is 170 Å². The minimum absolute atomic E-state index is 0.0273. The maximum Gasteiger partial charge on any atom is 0.308 e. The summed E-state index contributed by atoms with van der Waals surface area (Å²) < 4.78 is 38.8. The van der Waals surface area contributed by atoms with Gasteiger partial charge in [-0.25, -0.2) is 0 Å². The Morgan fingerprint density at radius 1 is 0.519 bits per heavy atom. The van der Waals surface area contributed by atoms with Crippen molar-refractivity contribution < 1.29 is 88.7 Å². The Morgan fingerprint density at radius 3 is 1.60 bits per heavy atom. The standard InChI is InChI=1S/C34H60O18/c1-3-5-7-9-11-13-21(36)46-16-19-24(39)27(42)30(45)33(49-19)52-31-28(43)25(40)20(50-34(31)51-22(37)14-12-10-8-6-4-2)17-47-32-29(44)26(41)23(38)18(15-35)48-32/h18-20,23-35,38-45H,3-17H2,1-2H3. The Balaban J connectivity index is 1.70. The van der Waals surface area contributed by atoms with Gasteiger partial charge in [-0.2, -0.15) is 0 Å². The molecule has 3 aliphatic heterocycles. The van der Waals surface area contributed by atoms with Gasteiger partial charge in [-0.15, -0.1) is 0 Å². The Morgan fingerprint density at radius 2 is 1.00 bits per heavy atom. The predicted octanol–water partition coefficient (Wildman–Crippen LogP) is -1.75. The van der Waals surface area contributed by atoms with E-state index in [9.17, 15) is 55.5 Å². The van der Waals surface area contributed by atoms with Gasteiger partial charge in [-0.3, -0.25) is 9.59 Å². The van der Waals surface area contributed by atoms with Crippen molar-refractivity contribution in [3.8, 4) is 0 Å². The summed E-state index contributed by atoms with van der Waals surface area (Å²) in [6.45, 7) is 2.27. The van der Waals surface area contributed by atoms with E-state index in [4.69, 9.17) is 33.2 Å². The van der Waals surface area contributed by atoms with Gasteiger partial charge in [0.25, 0.3) is 0 Å². The van der Waals surface area contributed by atoms with Crippen molar-refractivity contribution in [2.24, 2.45) is 0 Å². The maximum absolute atomic E-state index is 12.9. The van der Waals surface area contributed by atoms with Crippen LogP contribution in [0.25, 0.3) is 0 Å². The zero-order valence-electron chi connectivity index (χ0n) is 30.0. The van der Waals surface area contributed by atoms with Gasteiger partial charge in [-0.1, -0.05) is 65.2 Å². The van der Waals surface area contributed by atoms with Crippen LogP contribution in [0.4, 0.5) is 0 Å². The van der Waals surface area contributed by atoms with Crippen molar-refractivity contribution in [3.63, 3.8) is 0 Å². The van der Waals surface area contributed by atoms with Gasteiger partial charge in [0.05, 0.1) is 13.2 Å². The van der Waals surface area contributed by atoms with Gasteiger partial charge in [-0.05, 0) is 12.8 Å². The molecule has 3 rings (SSSR count). The number of rotatable bonds is 21. The Hall–Kier alpha value is -1.62. The van der Waals surface area contributed by atoms with E-state index in [1.165, 1.54) is 0 Å². The van der Waals surface area contributed by atoms with Crippen LogP contribution >= 0.6 is 0 Å². The second kappa shape index (κ2) is 22.7. The molecular formula is C34H60O18. The first-order valence-corrected chi connectivity index (χ1v) is 18.5. The van der Waals surface area contributed by atoms with Crippen molar-refractivity contribution in [1.29, 1.82) is 0 Å². The summed E-state index contributed by atoms with van der Waals surface area (Å²) >= 11 is 0. The second-order valence-corrected chi connectivity index (χ2v) is 13.7. The number of ether oxygens (including phenoxy) is 7. The molecule has 0 aromatic heterocycles. The molecule has 18 heteroatoms. The molecule has 304 valence electrons. The number of carbonyl (C=O) groups excluding carboxylic acids is 2. The van der Waals surface area contributed by atoms with Crippen LogP contribution in [0.15, 0.2) is 0 Å². The number of esters is 2. The minimum Gasteiger partial charge on any atom is -0.463 e. The van der Waals surface area contributed by atoms with Crippen LogP contribution in [0.5, 0.6) is 0 Å². The molecule has 52 heavy (non-hydrogen) atoms. The Bertz CT molecular complexity index is 1030. The fraction of sp³-hybridized carbons (Fsp3) is 0.941. The highest BCUT2D eigenvalue weighted by atomic mass is 16.8. The van der Waals surface area contributed by atoms with Gasteiger partial charge in [0.15, 0.2) is 18.7 Å². The minimum atomic E-state index is -1.91. The Labute approximate surface area is 303 Å². The Kier molecular flexibility index (Phi) is 19.5. The third kappa shape index (κ3) is 12.7. The molecule has 3 heterocycles. The van der Waals surface area contributed by atoms with Crippen LogP contribution in [0.2, 0.25) is 0 Å². The van der Waals surface area contributed by atoms with Gasteiger partial charge < -0.3 is 79.1 Å². The zero-order chi connectivity index (χ0) is 38.4. The fourth-order valence-corrected chi connectivity index (χ4v) is 6.18. The van der Waals surface area contributed by atoms with Gasteiger partial charge in [0, 0.05) is 12.8 Å². The molecule has 3 saturated heterocycles. The van der Waals surface area contributed by atoms with Crippen molar-refractivity contribution in [3.05, 3.63) is 0 Å². The normalized spacial score (nSPS) is 38.2. The molecule has 15 atom stereocenters. The van der Waals surface area contributed by atoms with Crippen LogP contribution in [0, 0.1) is 0 Å². The molecule has 0 amide bonds. The van der Waals surface area contributed by atoms with Crippen molar-refractivity contribution in [1.82, 2.24) is 0 Å². The van der Waals surface area contributed by atoms with E-state index < -0.39 is 124 Å². The number of hydrogen-bond donors (Lipinski definition) is 9. The third-order valence-corrected chi connectivity index (χ3v) is 9.50. The van der Waals surface area contributed by atoms with E-state index in [1.807, 2.05) is 6.92 Å². The highest BCUT2D eigenvalue weighted by Gasteiger charge is 2.53. The van der Waals surface area contributed by atoms with E-state index >= 15 is 0 Å². The second-order valence-electron chi connectivity index (χ2n) is 13.7. The smallest absolute Gasteiger partial charge is 0.308 e. The molecule has 3 fully saturated rings. The predicted molar refractivity (Wildman–Crippen MR) is 176 cm³/mol. The molecule has 0 aromatic rings. The average Bonchev–Trinajstić information content (AvgIpc) is 3.13. The lowest BCUT2D eigenvalue weighted by Gasteiger charge is -2.46. The molecule has 0 aromatic carbocycles. The fourth-order valence-electron chi connectivity index (χ4n) is 6.18. The first-order chi connectivity index (χ1) is 24.8. The highest BCUT2D eigenvalue weighted by molar-refractivity contribution is 5.69. The number of hydrogen-bond acceptors (Lipinski definition) is 18. The van der Waals surface area contributed by atoms with Crippen molar-refractivity contribution in [2.75, 3.05) is 19.8 Å². The van der Waals surface area contributed by atoms with Crippen molar-refractivity contribution >= 4 is 11.9 Å². The summed E-state index contributed by atoms with van der Waals surface area (Å²) in [6.07, 6.45) is -16.7. The van der Waals surface area contributed by atoms with Gasteiger partial charge >= 0.3 is 11.9 Å². The lowest BCUT2D eigenvalue weighted by atomic mass is 9.97. The molecule has 9 N–H and O–H groups in total. The van der Waals surface area contributed by atoms with Gasteiger partial charge in [0.1, 0.15) is 73.8 Å². The van der Waals surface area contributed by atoms with E-state index in [0.29, 0.717) is 12.8 Å². The van der Waals surface area contributed by atoms with Gasteiger partial charge in [0.2, 0.25) is 6.29 Å². The van der Waals surface area contributed by atoms with E-state index in [1.54, 1.807) is 0 Å². The van der Waals surface area contributed by atoms with Crippen LogP contribution in [-0.2, 0) is 42.7 Å². The largest absolute Gasteiger partial charge is 0.463 e. The van der Waals surface area contributed by atoms with E-state index in [-0.39, 0.29) is 12.8 Å². The number of aliphatic hydroxyl groups is 9. The number of unbranched alkanes of at least 4 members (excludes halogenated alkanes) is 8. The summed E-state index contributed by atoms with van der Waals surface area (Å²) in [5.41, 5.74) is 0. The lowest BCUT2D eigenvalue weighted by Crippen LogP contribution is -2.65. The van der Waals surface area contributed by atoms with Crippen molar-refractivity contribution in [2.45, 2.75) is 183 Å². The molecular weight excluding hydrogens is 696 g/mol. The summed E-state index contributed by atoms with van der Waals surface area (Å²) in [5.74, 6) is -1.30. The molecule has 0 aliphatic carbocycles. The first-order valence-electron chi connectivity index (χ1n) is 18.5. The summed E-state index contributed by atoms with van der Waals surface area (Å²) in [4.78, 5) is 25.2. The molecule has 0 radical (unpaired) electrons. The quantitative estimate of drug-likeness (QED) is 0.0464. The topological polar surface area (TPSA) is 281 Å². The summed E-state index contributed by atoms with van der Waals surface area (Å²) in [6, 6.07) is 0.